The zero-order chi connectivity index (χ0) is 19.7. The second-order valence-corrected chi connectivity index (χ2v) is 10.1. The van der Waals surface area contributed by atoms with Crippen LogP contribution in [0.2, 0.25) is 5.02 Å². The van der Waals surface area contributed by atoms with Crippen molar-refractivity contribution in [1.29, 1.82) is 0 Å². The van der Waals surface area contributed by atoms with E-state index in [-0.39, 0.29) is 16.9 Å². The molecule has 1 fully saturated rings. The predicted molar refractivity (Wildman–Crippen MR) is 109 cm³/mol. The van der Waals surface area contributed by atoms with E-state index in [1.165, 1.54) is 17.5 Å². The molecule has 0 radical (unpaired) electrons. The summed E-state index contributed by atoms with van der Waals surface area (Å²) >= 11 is 7.79. The summed E-state index contributed by atoms with van der Waals surface area (Å²) in [5.74, 6) is 2.49. The Balaban J connectivity index is 1.55. The number of hydrogen-bond acceptors (Lipinski definition) is 6. The summed E-state index contributed by atoms with van der Waals surface area (Å²) in [6, 6.07) is 10.6. The summed E-state index contributed by atoms with van der Waals surface area (Å²) in [5, 5.41) is 0.553. The smallest absolute Gasteiger partial charge is 0.246 e. The van der Waals surface area contributed by atoms with Gasteiger partial charge in [0.15, 0.2) is 11.5 Å². The minimum atomic E-state index is -3.70. The molecular formula is C19H20ClNO5S2. The molecule has 1 unspecified atom stereocenters. The van der Waals surface area contributed by atoms with E-state index in [9.17, 15) is 8.42 Å². The molecule has 1 saturated heterocycles. The topological polar surface area (TPSA) is 65.1 Å². The number of nitrogens with zero attached hydrogens (tertiary/aromatic N) is 1. The van der Waals surface area contributed by atoms with Crippen LogP contribution in [0.3, 0.4) is 0 Å². The van der Waals surface area contributed by atoms with E-state index in [1.807, 2.05) is 18.2 Å². The van der Waals surface area contributed by atoms with Crippen LogP contribution in [0.1, 0.15) is 17.2 Å². The standard InChI is InChI=1S/C19H20ClNO5S2/c1-24-16-5-3-14(20)11-19(16)28(22,23)21-7-6-18(27-9-8-21)13-2-4-15-17(10-13)26-12-25-15/h2-5,10-11,18H,6-9,12H2,1H3. The Morgan fingerprint density at radius 1 is 1.14 bits per heavy atom. The summed E-state index contributed by atoms with van der Waals surface area (Å²) < 4.78 is 44.0. The molecule has 0 spiro atoms. The van der Waals surface area contributed by atoms with Gasteiger partial charge in [0, 0.05) is 29.1 Å². The maximum Gasteiger partial charge on any atom is 0.246 e. The first-order valence-electron chi connectivity index (χ1n) is 8.84. The van der Waals surface area contributed by atoms with Gasteiger partial charge in [-0.2, -0.15) is 16.1 Å². The van der Waals surface area contributed by atoms with Crippen LogP contribution >= 0.6 is 23.4 Å². The molecule has 2 aromatic rings. The van der Waals surface area contributed by atoms with Crippen LogP contribution in [0.25, 0.3) is 0 Å². The molecule has 2 aliphatic heterocycles. The molecule has 28 heavy (non-hydrogen) atoms. The summed E-state index contributed by atoms with van der Waals surface area (Å²) in [4.78, 5) is 0.106. The van der Waals surface area contributed by atoms with Crippen LogP contribution < -0.4 is 14.2 Å². The van der Waals surface area contributed by atoms with Gasteiger partial charge in [-0.15, -0.1) is 0 Å². The largest absolute Gasteiger partial charge is 0.495 e. The van der Waals surface area contributed by atoms with Crippen LogP contribution in [0.4, 0.5) is 0 Å². The van der Waals surface area contributed by atoms with Crippen molar-refractivity contribution in [2.24, 2.45) is 0 Å². The lowest BCUT2D eigenvalue weighted by Crippen LogP contribution is -2.33. The maximum absolute atomic E-state index is 13.2. The number of methoxy groups -OCH3 is 1. The van der Waals surface area contributed by atoms with Gasteiger partial charge < -0.3 is 14.2 Å². The molecular weight excluding hydrogens is 422 g/mol. The zero-order valence-corrected chi connectivity index (χ0v) is 17.6. The average Bonchev–Trinajstić information content (AvgIpc) is 3.01. The Labute approximate surface area is 173 Å². The molecule has 2 aliphatic rings. The fraction of sp³-hybridized carbons (Fsp3) is 0.368. The second-order valence-electron chi connectivity index (χ2n) is 6.46. The van der Waals surface area contributed by atoms with Gasteiger partial charge in [-0.3, -0.25) is 0 Å². The second kappa shape index (κ2) is 8.02. The molecule has 4 rings (SSSR count). The summed E-state index contributed by atoms with van der Waals surface area (Å²) in [6.45, 7) is 1.10. The summed E-state index contributed by atoms with van der Waals surface area (Å²) in [7, 11) is -2.25. The van der Waals surface area contributed by atoms with E-state index in [1.54, 1.807) is 23.9 Å². The van der Waals surface area contributed by atoms with Gasteiger partial charge in [0.05, 0.1) is 7.11 Å². The Morgan fingerprint density at radius 2 is 1.96 bits per heavy atom. The normalized spacial score (nSPS) is 20.0. The van der Waals surface area contributed by atoms with E-state index in [0.717, 1.165) is 17.1 Å². The first-order chi connectivity index (χ1) is 13.5. The van der Waals surface area contributed by atoms with Crippen molar-refractivity contribution in [2.75, 3.05) is 32.7 Å². The van der Waals surface area contributed by atoms with Gasteiger partial charge in [0.25, 0.3) is 0 Å². The van der Waals surface area contributed by atoms with Crippen molar-refractivity contribution in [2.45, 2.75) is 16.6 Å². The fourth-order valence-electron chi connectivity index (χ4n) is 3.36. The van der Waals surface area contributed by atoms with E-state index >= 15 is 0 Å². The average molecular weight is 442 g/mol. The van der Waals surface area contributed by atoms with Crippen molar-refractivity contribution in [3.8, 4) is 17.2 Å². The molecule has 0 aliphatic carbocycles. The molecule has 2 aromatic carbocycles. The molecule has 1 atom stereocenters. The minimum Gasteiger partial charge on any atom is -0.495 e. The lowest BCUT2D eigenvalue weighted by Gasteiger charge is -2.21. The number of fused-ring (bicyclic) bond motifs is 1. The molecule has 0 saturated carbocycles. The maximum atomic E-state index is 13.2. The molecule has 0 amide bonds. The monoisotopic (exact) mass is 441 g/mol. The van der Waals surface area contributed by atoms with Crippen LogP contribution in [-0.2, 0) is 10.0 Å². The van der Waals surface area contributed by atoms with Crippen LogP contribution in [0.15, 0.2) is 41.3 Å². The predicted octanol–water partition coefficient (Wildman–Crippen LogP) is 3.95. The third-order valence-electron chi connectivity index (χ3n) is 4.81. The number of benzene rings is 2. The van der Waals surface area contributed by atoms with Gasteiger partial charge in [-0.05, 0) is 42.3 Å². The SMILES string of the molecule is COc1ccc(Cl)cc1S(=O)(=O)N1CCSC(c2ccc3c(c2)OCO3)CC1. The first kappa shape index (κ1) is 19.7. The number of hydrogen-bond donors (Lipinski definition) is 0. The van der Waals surface area contributed by atoms with Crippen molar-refractivity contribution >= 4 is 33.4 Å². The summed E-state index contributed by atoms with van der Waals surface area (Å²) in [5.41, 5.74) is 1.12. The van der Waals surface area contributed by atoms with E-state index in [4.69, 9.17) is 25.8 Å². The van der Waals surface area contributed by atoms with Gasteiger partial charge in [0.2, 0.25) is 16.8 Å². The highest BCUT2D eigenvalue weighted by Gasteiger charge is 2.31. The molecule has 150 valence electrons. The Bertz CT molecular complexity index is 982. The van der Waals surface area contributed by atoms with Crippen LogP contribution in [0.5, 0.6) is 17.2 Å². The Hall–Kier alpha value is -1.61. The van der Waals surface area contributed by atoms with Crippen molar-refractivity contribution in [3.63, 3.8) is 0 Å². The number of sulfonamides is 1. The van der Waals surface area contributed by atoms with Gasteiger partial charge >= 0.3 is 0 Å². The van der Waals surface area contributed by atoms with Crippen LogP contribution in [0, 0.1) is 0 Å². The highest BCUT2D eigenvalue weighted by Crippen LogP contribution is 2.41. The van der Waals surface area contributed by atoms with Gasteiger partial charge in [-0.25, -0.2) is 8.42 Å². The lowest BCUT2D eigenvalue weighted by molar-refractivity contribution is 0.174. The molecule has 2 heterocycles. The molecule has 0 aromatic heterocycles. The number of thioether (sulfide) groups is 1. The Morgan fingerprint density at radius 3 is 2.79 bits per heavy atom. The third kappa shape index (κ3) is 3.78. The lowest BCUT2D eigenvalue weighted by atomic mass is 10.1. The van der Waals surface area contributed by atoms with E-state index in [2.05, 4.69) is 0 Å². The molecule has 6 nitrogen and oxygen atoms in total. The van der Waals surface area contributed by atoms with Gasteiger partial charge in [-0.1, -0.05) is 17.7 Å². The van der Waals surface area contributed by atoms with Crippen molar-refractivity contribution in [3.05, 3.63) is 47.0 Å². The third-order valence-corrected chi connectivity index (χ3v) is 8.30. The molecule has 0 N–H and O–H groups in total. The first-order valence-corrected chi connectivity index (χ1v) is 11.7. The Kier molecular flexibility index (Phi) is 5.64. The van der Waals surface area contributed by atoms with Crippen molar-refractivity contribution in [1.82, 2.24) is 4.31 Å². The van der Waals surface area contributed by atoms with E-state index in [0.29, 0.717) is 36.0 Å². The fourth-order valence-corrected chi connectivity index (χ4v) is 6.57. The highest BCUT2D eigenvalue weighted by atomic mass is 35.5. The molecule has 9 heteroatoms. The number of rotatable bonds is 4. The zero-order valence-electron chi connectivity index (χ0n) is 15.3. The summed E-state index contributed by atoms with van der Waals surface area (Å²) in [6.07, 6.45) is 0.701. The molecule has 0 bridgehead atoms. The van der Waals surface area contributed by atoms with Gasteiger partial charge in [0.1, 0.15) is 10.6 Å². The van der Waals surface area contributed by atoms with E-state index < -0.39 is 10.0 Å². The van der Waals surface area contributed by atoms with Crippen LogP contribution in [-0.4, -0.2) is 45.5 Å². The number of halogens is 1. The minimum absolute atomic E-state index is 0.106. The van der Waals surface area contributed by atoms with Crippen molar-refractivity contribution < 1.29 is 22.6 Å². The highest BCUT2D eigenvalue weighted by molar-refractivity contribution is 7.99. The quantitative estimate of drug-likeness (QED) is 0.715. The number of ether oxygens (including phenoxy) is 3.